The van der Waals surface area contributed by atoms with Crippen molar-refractivity contribution in [3.8, 4) is 5.75 Å². The predicted octanol–water partition coefficient (Wildman–Crippen LogP) is 4.94. The summed E-state index contributed by atoms with van der Waals surface area (Å²) in [7, 11) is 0. The lowest BCUT2D eigenvalue weighted by molar-refractivity contribution is -0.127. The van der Waals surface area contributed by atoms with Crippen LogP contribution in [-0.2, 0) is 10.2 Å². The molecular formula is C22H29NO2. The summed E-state index contributed by atoms with van der Waals surface area (Å²) < 4.78 is 5.72. The Morgan fingerprint density at radius 3 is 2.04 bits per heavy atom. The molecular weight excluding hydrogens is 310 g/mol. The van der Waals surface area contributed by atoms with E-state index in [0.717, 1.165) is 11.1 Å². The first-order valence-corrected chi connectivity index (χ1v) is 8.81. The number of amides is 1. The second-order valence-corrected chi connectivity index (χ2v) is 7.68. The fourth-order valence-electron chi connectivity index (χ4n) is 2.56. The van der Waals surface area contributed by atoms with E-state index in [1.54, 1.807) is 6.92 Å². The first-order valence-electron chi connectivity index (χ1n) is 8.81. The van der Waals surface area contributed by atoms with Crippen molar-refractivity contribution in [1.29, 1.82) is 0 Å². The van der Waals surface area contributed by atoms with Gasteiger partial charge in [-0.1, -0.05) is 62.7 Å². The van der Waals surface area contributed by atoms with E-state index in [1.165, 1.54) is 5.56 Å². The molecule has 0 aliphatic heterocycles. The molecule has 25 heavy (non-hydrogen) atoms. The molecule has 0 bridgehead atoms. The standard InChI is InChI=1S/C22H29NO2/c1-15-7-13-20(14-8-15)25-17(3)21(24)23-16(2)18-9-11-19(12-10-18)22(4,5)6/h7-14,16-17H,1-6H3,(H,23,24)/t16-,17-/m1/s1. The number of ether oxygens (including phenoxy) is 1. The van der Waals surface area contributed by atoms with Gasteiger partial charge in [0.2, 0.25) is 0 Å². The van der Waals surface area contributed by atoms with Crippen LogP contribution in [0.2, 0.25) is 0 Å². The van der Waals surface area contributed by atoms with E-state index >= 15 is 0 Å². The third kappa shape index (κ3) is 5.35. The van der Waals surface area contributed by atoms with Gasteiger partial charge in [-0.15, -0.1) is 0 Å². The van der Waals surface area contributed by atoms with Crippen LogP contribution in [0.3, 0.4) is 0 Å². The van der Waals surface area contributed by atoms with Gasteiger partial charge in [0.05, 0.1) is 6.04 Å². The zero-order chi connectivity index (χ0) is 18.6. The Morgan fingerprint density at radius 1 is 0.960 bits per heavy atom. The Hall–Kier alpha value is -2.29. The molecule has 0 aliphatic rings. The van der Waals surface area contributed by atoms with Crippen molar-refractivity contribution < 1.29 is 9.53 Å². The number of rotatable bonds is 5. The minimum atomic E-state index is -0.543. The fraction of sp³-hybridized carbons (Fsp3) is 0.409. The van der Waals surface area contributed by atoms with Crippen LogP contribution in [0.25, 0.3) is 0 Å². The van der Waals surface area contributed by atoms with Crippen molar-refractivity contribution in [3.63, 3.8) is 0 Å². The molecule has 0 unspecified atom stereocenters. The normalized spacial score (nSPS) is 13.8. The molecule has 3 heteroatoms. The van der Waals surface area contributed by atoms with Crippen molar-refractivity contribution in [2.45, 2.75) is 59.1 Å². The second kappa shape index (κ2) is 7.73. The predicted molar refractivity (Wildman–Crippen MR) is 103 cm³/mol. The van der Waals surface area contributed by atoms with Crippen LogP contribution < -0.4 is 10.1 Å². The summed E-state index contributed by atoms with van der Waals surface area (Å²) in [6, 6.07) is 16.1. The van der Waals surface area contributed by atoms with Gasteiger partial charge >= 0.3 is 0 Å². The van der Waals surface area contributed by atoms with Gasteiger partial charge in [-0.2, -0.15) is 0 Å². The highest BCUT2D eigenvalue weighted by Gasteiger charge is 2.19. The summed E-state index contributed by atoms with van der Waals surface area (Å²) in [5, 5.41) is 3.02. The third-order valence-corrected chi connectivity index (χ3v) is 4.34. The van der Waals surface area contributed by atoms with E-state index in [9.17, 15) is 4.79 Å². The molecule has 0 saturated carbocycles. The summed E-state index contributed by atoms with van der Waals surface area (Å²) in [4.78, 5) is 12.4. The van der Waals surface area contributed by atoms with Gasteiger partial charge in [-0.05, 0) is 49.4 Å². The van der Waals surface area contributed by atoms with Gasteiger partial charge in [0.1, 0.15) is 5.75 Å². The number of aryl methyl sites for hydroxylation is 1. The van der Waals surface area contributed by atoms with Crippen molar-refractivity contribution in [3.05, 3.63) is 65.2 Å². The van der Waals surface area contributed by atoms with Gasteiger partial charge in [-0.25, -0.2) is 0 Å². The highest BCUT2D eigenvalue weighted by atomic mass is 16.5. The van der Waals surface area contributed by atoms with Crippen molar-refractivity contribution in [2.24, 2.45) is 0 Å². The van der Waals surface area contributed by atoms with E-state index in [4.69, 9.17) is 4.74 Å². The van der Waals surface area contributed by atoms with Crippen molar-refractivity contribution in [1.82, 2.24) is 5.32 Å². The lowest BCUT2D eigenvalue weighted by atomic mass is 9.86. The molecule has 134 valence electrons. The minimum Gasteiger partial charge on any atom is -0.481 e. The molecule has 0 aliphatic carbocycles. The molecule has 1 N–H and O–H groups in total. The molecule has 0 fully saturated rings. The fourth-order valence-corrected chi connectivity index (χ4v) is 2.56. The lowest BCUT2D eigenvalue weighted by Gasteiger charge is -2.22. The molecule has 2 atom stereocenters. The zero-order valence-electron chi connectivity index (χ0n) is 16.1. The lowest BCUT2D eigenvalue weighted by Crippen LogP contribution is -2.37. The quantitative estimate of drug-likeness (QED) is 0.838. The first-order chi connectivity index (χ1) is 11.7. The maximum absolute atomic E-state index is 12.4. The van der Waals surface area contributed by atoms with Crippen molar-refractivity contribution in [2.75, 3.05) is 0 Å². The zero-order valence-corrected chi connectivity index (χ0v) is 16.1. The average Bonchev–Trinajstić information content (AvgIpc) is 2.56. The van der Waals surface area contributed by atoms with Gasteiger partial charge in [0.25, 0.3) is 5.91 Å². The maximum Gasteiger partial charge on any atom is 0.261 e. The van der Waals surface area contributed by atoms with Gasteiger partial charge in [0, 0.05) is 0 Å². The van der Waals surface area contributed by atoms with Crippen LogP contribution in [0.15, 0.2) is 48.5 Å². The van der Waals surface area contributed by atoms with Crippen LogP contribution in [0.5, 0.6) is 5.75 Å². The largest absolute Gasteiger partial charge is 0.481 e. The van der Waals surface area contributed by atoms with Gasteiger partial charge < -0.3 is 10.1 Å². The molecule has 2 aromatic carbocycles. The number of hydrogen-bond acceptors (Lipinski definition) is 2. The van der Waals surface area contributed by atoms with Gasteiger partial charge in [-0.3, -0.25) is 4.79 Å². The molecule has 1 amide bonds. The molecule has 3 nitrogen and oxygen atoms in total. The monoisotopic (exact) mass is 339 g/mol. The Balaban J connectivity index is 1.95. The smallest absolute Gasteiger partial charge is 0.261 e. The summed E-state index contributed by atoms with van der Waals surface area (Å²) in [5.41, 5.74) is 3.66. The van der Waals surface area contributed by atoms with Crippen LogP contribution in [0.4, 0.5) is 0 Å². The topological polar surface area (TPSA) is 38.3 Å². The summed E-state index contributed by atoms with van der Waals surface area (Å²) in [6.07, 6.45) is -0.543. The van der Waals surface area contributed by atoms with E-state index in [1.807, 2.05) is 38.1 Å². The Kier molecular flexibility index (Phi) is 5.89. The first kappa shape index (κ1) is 19.0. The molecule has 0 radical (unpaired) electrons. The average molecular weight is 339 g/mol. The van der Waals surface area contributed by atoms with E-state index in [2.05, 4.69) is 50.4 Å². The molecule has 0 heterocycles. The number of benzene rings is 2. The molecule has 0 spiro atoms. The highest BCUT2D eigenvalue weighted by Crippen LogP contribution is 2.24. The number of nitrogens with one attached hydrogen (secondary N) is 1. The van der Waals surface area contributed by atoms with E-state index < -0.39 is 6.10 Å². The molecule has 0 saturated heterocycles. The third-order valence-electron chi connectivity index (χ3n) is 4.34. The summed E-state index contributed by atoms with van der Waals surface area (Å²) in [6.45, 7) is 12.4. The Morgan fingerprint density at radius 2 is 1.52 bits per heavy atom. The van der Waals surface area contributed by atoms with E-state index in [-0.39, 0.29) is 17.4 Å². The molecule has 2 aromatic rings. The van der Waals surface area contributed by atoms with Crippen LogP contribution in [0, 0.1) is 6.92 Å². The van der Waals surface area contributed by atoms with Crippen LogP contribution >= 0.6 is 0 Å². The second-order valence-electron chi connectivity index (χ2n) is 7.68. The Bertz CT molecular complexity index is 696. The number of carbonyl (C=O) groups excluding carboxylic acids is 1. The molecule has 2 rings (SSSR count). The molecule has 0 aromatic heterocycles. The van der Waals surface area contributed by atoms with Crippen molar-refractivity contribution >= 4 is 5.91 Å². The number of hydrogen-bond donors (Lipinski definition) is 1. The van der Waals surface area contributed by atoms with Crippen LogP contribution in [0.1, 0.15) is 57.4 Å². The maximum atomic E-state index is 12.4. The van der Waals surface area contributed by atoms with Gasteiger partial charge in [0.15, 0.2) is 6.10 Å². The SMILES string of the molecule is Cc1ccc(O[C@H](C)C(=O)N[C@H](C)c2ccc(C(C)(C)C)cc2)cc1. The summed E-state index contributed by atoms with van der Waals surface area (Å²) in [5.74, 6) is 0.586. The Labute approximate surface area is 151 Å². The number of carbonyl (C=O) groups is 1. The highest BCUT2D eigenvalue weighted by molar-refractivity contribution is 5.81. The minimum absolute atomic E-state index is 0.0643. The van der Waals surface area contributed by atoms with E-state index in [0.29, 0.717) is 5.75 Å². The van der Waals surface area contributed by atoms with Crippen LogP contribution in [-0.4, -0.2) is 12.0 Å². The summed E-state index contributed by atoms with van der Waals surface area (Å²) >= 11 is 0.